The summed E-state index contributed by atoms with van der Waals surface area (Å²) >= 11 is 0. The van der Waals surface area contributed by atoms with Crippen LogP contribution in [0.2, 0.25) is 0 Å². The van der Waals surface area contributed by atoms with E-state index in [4.69, 9.17) is 5.84 Å². The molecule has 0 aliphatic rings. The average molecular weight is 673 g/mol. The fourth-order valence-corrected chi connectivity index (χ4v) is 7.47. The first-order valence-corrected chi connectivity index (χ1v) is 22.4. The Morgan fingerprint density at radius 2 is 0.688 bits per heavy atom. The molecule has 0 spiro atoms. The monoisotopic (exact) mass is 673 g/mol. The summed E-state index contributed by atoms with van der Waals surface area (Å²) in [4.78, 5) is 0. The molecule has 0 saturated heterocycles. The van der Waals surface area contributed by atoms with Crippen molar-refractivity contribution in [1.29, 1.82) is 0 Å². The predicted molar refractivity (Wildman–Crippen MR) is 221 cm³/mol. The van der Waals surface area contributed by atoms with Crippen LogP contribution in [0, 0.1) is 5.92 Å². The smallest absolute Gasteiger partial charge is 0.0128 e. The van der Waals surface area contributed by atoms with Crippen molar-refractivity contribution < 1.29 is 0 Å². The standard InChI is InChI=1S/C46H92N2/c1-6-9-12-15-18-19-20-21-23-29-36-44(4)37-31-28-35-42-48(47)41-34-27-22-24-30-38-45(5)43-46(39-32-25-16-13-10-7-2)40-33-26-17-14-11-8-3/h46H,4-43,47H2,1-3H3. The summed E-state index contributed by atoms with van der Waals surface area (Å²) in [5, 5.41) is 2.08. The highest BCUT2D eigenvalue weighted by Crippen LogP contribution is 2.27. The maximum atomic E-state index is 6.32. The second-order valence-electron chi connectivity index (χ2n) is 16.0. The fourth-order valence-electron chi connectivity index (χ4n) is 7.47. The van der Waals surface area contributed by atoms with Gasteiger partial charge in [-0.2, -0.15) is 0 Å². The van der Waals surface area contributed by atoms with E-state index in [-0.39, 0.29) is 0 Å². The second-order valence-corrected chi connectivity index (χ2v) is 16.0. The van der Waals surface area contributed by atoms with Gasteiger partial charge in [-0.05, 0) is 63.7 Å². The molecule has 48 heavy (non-hydrogen) atoms. The lowest BCUT2D eigenvalue weighted by Gasteiger charge is -2.19. The molecule has 0 aliphatic heterocycles. The van der Waals surface area contributed by atoms with Crippen LogP contribution in [0.25, 0.3) is 0 Å². The van der Waals surface area contributed by atoms with Crippen molar-refractivity contribution in [1.82, 2.24) is 5.01 Å². The SMILES string of the molecule is C=C(CCCCCCCCCCCC)CCCCCN(N)CCCCCCCC(=C)CC(CCCCCCCC)CCCCCCCC. The zero-order valence-corrected chi connectivity index (χ0v) is 33.9. The number of hydrazine groups is 1. The average Bonchev–Trinajstić information content (AvgIpc) is 3.07. The predicted octanol–water partition coefficient (Wildman–Crippen LogP) is 16.0. The molecule has 0 atom stereocenters. The van der Waals surface area contributed by atoms with Crippen LogP contribution in [0.4, 0.5) is 0 Å². The lowest BCUT2D eigenvalue weighted by Crippen LogP contribution is -2.32. The van der Waals surface area contributed by atoms with Crippen LogP contribution in [0.3, 0.4) is 0 Å². The first kappa shape index (κ1) is 47.4. The van der Waals surface area contributed by atoms with Crippen molar-refractivity contribution >= 4 is 0 Å². The van der Waals surface area contributed by atoms with Gasteiger partial charge in [-0.25, -0.2) is 5.01 Å². The van der Waals surface area contributed by atoms with Crippen molar-refractivity contribution in [2.75, 3.05) is 13.1 Å². The molecule has 2 nitrogen and oxygen atoms in total. The van der Waals surface area contributed by atoms with E-state index in [2.05, 4.69) is 38.9 Å². The molecule has 0 radical (unpaired) electrons. The lowest BCUT2D eigenvalue weighted by molar-refractivity contribution is 0.269. The maximum Gasteiger partial charge on any atom is 0.0128 e. The van der Waals surface area contributed by atoms with E-state index >= 15 is 0 Å². The first-order valence-electron chi connectivity index (χ1n) is 22.4. The molecule has 0 saturated carbocycles. The van der Waals surface area contributed by atoms with Crippen LogP contribution in [0.5, 0.6) is 0 Å². The number of unbranched alkanes of at least 4 members (excludes halogenated alkanes) is 25. The van der Waals surface area contributed by atoms with Gasteiger partial charge >= 0.3 is 0 Å². The minimum Gasteiger partial charge on any atom is -0.269 e. The van der Waals surface area contributed by atoms with Gasteiger partial charge in [0.15, 0.2) is 0 Å². The Bertz CT molecular complexity index is 638. The highest BCUT2D eigenvalue weighted by atomic mass is 15.4. The normalized spacial score (nSPS) is 11.7. The Balaban J connectivity index is 3.76. The van der Waals surface area contributed by atoms with Crippen molar-refractivity contribution in [3.05, 3.63) is 24.3 Å². The molecule has 0 aliphatic carbocycles. The van der Waals surface area contributed by atoms with E-state index in [0.717, 1.165) is 19.0 Å². The van der Waals surface area contributed by atoms with Crippen molar-refractivity contribution in [2.24, 2.45) is 11.8 Å². The van der Waals surface area contributed by atoms with Crippen molar-refractivity contribution in [3.63, 3.8) is 0 Å². The third kappa shape index (κ3) is 36.7. The van der Waals surface area contributed by atoms with Gasteiger partial charge in [0.1, 0.15) is 0 Å². The molecule has 0 rings (SSSR count). The minimum absolute atomic E-state index is 0.888. The van der Waals surface area contributed by atoms with Crippen molar-refractivity contribution in [3.8, 4) is 0 Å². The van der Waals surface area contributed by atoms with E-state index in [0.29, 0.717) is 0 Å². The summed E-state index contributed by atoms with van der Waals surface area (Å²) in [6.07, 6.45) is 49.4. The topological polar surface area (TPSA) is 29.3 Å². The quantitative estimate of drug-likeness (QED) is 0.0303. The third-order valence-corrected chi connectivity index (χ3v) is 10.8. The van der Waals surface area contributed by atoms with Gasteiger partial charge in [-0.3, -0.25) is 5.84 Å². The van der Waals surface area contributed by atoms with E-state index in [9.17, 15) is 0 Å². The summed E-state index contributed by atoms with van der Waals surface area (Å²) < 4.78 is 0. The number of hydrogen-bond donors (Lipinski definition) is 1. The molecule has 0 fully saturated rings. The number of allylic oxidation sites excluding steroid dienone is 2. The molecule has 0 heterocycles. The van der Waals surface area contributed by atoms with Gasteiger partial charge in [0.2, 0.25) is 0 Å². The van der Waals surface area contributed by atoms with Crippen LogP contribution in [-0.2, 0) is 0 Å². The zero-order chi connectivity index (χ0) is 35.2. The van der Waals surface area contributed by atoms with Crippen LogP contribution in [0.15, 0.2) is 24.3 Å². The minimum atomic E-state index is 0.888. The maximum absolute atomic E-state index is 6.32. The molecule has 0 bridgehead atoms. The highest BCUT2D eigenvalue weighted by molar-refractivity contribution is 4.96. The van der Waals surface area contributed by atoms with Gasteiger partial charge < -0.3 is 0 Å². The molecule has 0 amide bonds. The fraction of sp³-hybridized carbons (Fsp3) is 0.913. The first-order chi connectivity index (χ1) is 23.5. The van der Waals surface area contributed by atoms with Gasteiger partial charge in [0.25, 0.3) is 0 Å². The van der Waals surface area contributed by atoms with E-state index in [1.165, 1.54) is 242 Å². The van der Waals surface area contributed by atoms with E-state index < -0.39 is 0 Å². The van der Waals surface area contributed by atoms with E-state index in [1.807, 2.05) is 0 Å². The number of rotatable bonds is 41. The molecular formula is C46H92N2. The molecule has 0 aromatic carbocycles. The highest BCUT2D eigenvalue weighted by Gasteiger charge is 2.11. The second kappa shape index (κ2) is 39.2. The zero-order valence-electron chi connectivity index (χ0n) is 33.9. The van der Waals surface area contributed by atoms with Crippen molar-refractivity contribution in [2.45, 2.75) is 252 Å². The summed E-state index contributed by atoms with van der Waals surface area (Å²) in [5.74, 6) is 7.21. The largest absolute Gasteiger partial charge is 0.269 e. The number of nitrogens with zero attached hydrogens (tertiary/aromatic N) is 1. The summed E-state index contributed by atoms with van der Waals surface area (Å²) in [5.41, 5.74) is 3.01. The molecule has 2 heteroatoms. The van der Waals surface area contributed by atoms with Gasteiger partial charge in [0.05, 0.1) is 0 Å². The van der Waals surface area contributed by atoms with Gasteiger partial charge in [-0.1, -0.05) is 218 Å². The Kier molecular flexibility index (Phi) is 38.7. The Labute approximate surface area is 305 Å². The molecule has 0 unspecified atom stereocenters. The van der Waals surface area contributed by atoms with Crippen LogP contribution in [0.1, 0.15) is 252 Å². The number of nitrogens with two attached hydrogens (primary N) is 1. The van der Waals surface area contributed by atoms with Crippen LogP contribution >= 0.6 is 0 Å². The molecular weight excluding hydrogens is 581 g/mol. The lowest BCUT2D eigenvalue weighted by atomic mass is 9.87. The molecule has 0 aromatic rings. The Morgan fingerprint density at radius 3 is 1.08 bits per heavy atom. The summed E-state index contributed by atoms with van der Waals surface area (Å²) in [6, 6.07) is 0. The molecule has 2 N–H and O–H groups in total. The van der Waals surface area contributed by atoms with E-state index in [1.54, 1.807) is 0 Å². The molecule has 0 aromatic heterocycles. The Hall–Kier alpha value is -0.600. The van der Waals surface area contributed by atoms with Gasteiger partial charge in [0, 0.05) is 13.1 Å². The molecule has 286 valence electrons. The third-order valence-electron chi connectivity index (χ3n) is 10.8. The van der Waals surface area contributed by atoms with Crippen LogP contribution in [-0.4, -0.2) is 18.1 Å². The summed E-state index contributed by atoms with van der Waals surface area (Å²) in [6.45, 7) is 17.9. The van der Waals surface area contributed by atoms with Crippen LogP contribution < -0.4 is 5.84 Å². The summed E-state index contributed by atoms with van der Waals surface area (Å²) in [7, 11) is 0. The number of hydrogen-bond acceptors (Lipinski definition) is 2. The van der Waals surface area contributed by atoms with Gasteiger partial charge in [-0.15, -0.1) is 0 Å². The Morgan fingerprint density at radius 1 is 0.396 bits per heavy atom.